The maximum Gasteiger partial charge on any atom is 0.338 e. The predicted molar refractivity (Wildman–Crippen MR) is 115 cm³/mol. The molecule has 0 spiro atoms. The largest absolute Gasteiger partial charge is 0.451 e. The van der Waals surface area contributed by atoms with E-state index in [9.17, 15) is 14.4 Å². The second kappa shape index (κ2) is 7.44. The van der Waals surface area contributed by atoms with Crippen LogP contribution in [-0.2, 0) is 16.0 Å². The van der Waals surface area contributed by atoms with Gasteiger partial charge in [-0.05, 0) is 74.7 Å². The van der Waals surface area contributed by atoms with Gasteiger partial charge < -0.3 is 14.6 Å². The van der Waals surface area contributed by atoms with Crippen molar-refractivity contribution in [3.63, 3.8) is 0 Å². The molecule has 1 atom stereocenters. The highest BCUT2D eigenvalue weighted by Crippen LogP contribution is 2.29. The molecule has 1 amide bonds. The first kappa shape index (κ1) is 19.9. The number of benzene rings is 2. The minimum atomic E-state index is -0.911. The van der Waals surface area contributed by atoms with Crippen LogP contribution in [-0.4, -0.2) is 35.3 Å². The summed E-state index contributed by atoms with van der Waals surface area (Å²) in [5, 5.41) is 0.967. The molecule has 0 aliphatic carbocycles. The second-order valence-electron chi connectivity index (χ2n) is 7.81. The van der Waals surface area contributed by atoms with Crippen LogP contribution in [0.15, 0.2) is 36.4 Å². The van der Waals surface area contributed by atoms with Gasteiger partial charge in [-0.3, -0.25) is 9.59 Å². The SMILES string of the molecule is CC(=O)N1CCc2cc(C(=O)[C@@H](C)OC(=O)c3ccc4[nH]c(C)c(C)c4c3)ccc21. The lowest BCUT2D eigenvalue weighted by Crippen LogP contribution is -2.26. The molecule has 3 aromatic rings. The maximum absolute atomic E-state index is 12.8. The number of Topliss-reactive ketones (excluding diaryl/α,β-unsaturated/α-hetero) is 1. The fourth-order valence-electron chi connectivity index (χ4n) is 3.99. The summed E-state index contributed by atoms with van der Waals surface area (Å²) in [6, 6.07) is 10.6. The van der Waals surface area contributed by atoms with Gasteiger partial charge in [-0.1, -0.05) is 0 Å². The highest BCUT2D eigenvalue weighted by molar-refractivity contribution is 6.03. The molecule has 6 heteroatoms. The van der Waals surface area contributed by atoms with E-state index in [1.165, 1.54) is 6.92 Å². The Bertz CT molecular complexity index is 1190. The number of hydrogen-bond donors (Lipinski definition) is 1. The van der Waals surface area contributed by atoms with Crippen LogP contribution in [0.25, 0.3) is 10.9 Å². The number of nitrogens with one attached hydrogen (secondary N) is 1. The molecule has 154 valence electrons. The molecular weight excluding hydrogens is 380 g/mol. The summed E-state index contributed by atoms with van der Waals surface area (Å²) in [6.45, 7) is 7.72. The lowest BCUT2D eigenvalue weighted by molar-refractivity contribution is -0.116. The standard InChI is InChI=1S/C24H24N2O4/c1-13-14(2)25-21-7-5-19(12-20(13)21)24(29)30-15(3)23(28)18-6-8-22-17(11-18)9-10-26(22)16(4)27/h5-8,11-12,15,25H,9-10H2,1-4H3/t15-/m1/s1. The first-order valence-corrected chi connectivity index (χ1v) is 10.0. The summed E-state index contributed by atoms with van der Waals surface area (Å²) in [6.07, 6.45) is -0.203. The van der Waals surface area contributed by atoms with E-state index in [-0.39, 0.29) is 11.7 Å². The van der Waals surface area contributed by atoms with Crippen LogP contribution in [0.1, 0.15) is 51.4 Å². The summed E-state index contributed by atoms with van der Waals surface area (Å²) in [5.41, 5.74) is 5.79. The van der Waals surface area contributed by atoms with Crippen molar-refractivity contribution < 1.29 is 19.1 Å². The molecule has 2 heterocycles. The fourth-order valence-corrected chi connectivity index (χ4v) is 3.99. The summed E-state index contributed by atoms with van der Waals surface area (Å²) in [5.74, 6) is -0.804. The smallest absolute Gasteiger partial charge is 0.338 e. The van der Waals surface area contributed by atoms with Gasteiger partial charge in [-0.2, -0.15) is 0 Å². The lowest BCUT2D eigenvalue weighted by atomic mass is 10.0. The average molecular weight is 404 g/mol. The number of nitrogens with zero attached hydrogens (tertiary/aromatic N) is 1. The number of carbonyl (C=O) groups is 3. The number of fused-ring (bicyclic) bond motifs is 2. The van der Waals surface area contributed by atoms with Crippen molar-refractivity contribution in [3.05, 3.63) is 64.3 Å². The first-order valence-electron chi connectivity index (χ1n) is 10.0. The number of ketones is 1. The Hall–Kier alpha value is -3.41. The summed E-state index contributed by atoms with van der Waals surface area (Å²) < 4.78 is 5.46. The van der Waals surface area contributed by atoms with Crippen molar-refractivity contribution in [2.75, 3.05) is 11.4 Å². The van der Waals surface area contributed by atoms with Gasteiger partial charge in [-0.15, -0.1) is 0 Å². The minimum Gasteiger partial charge on any atom is -0.451 e. The number of esters is 1. The van der Waals surface area contributed by atoms with Crippen LogP contribution in [0.2, 0.25) is 0 Å². The molecule has 1 aliphatic heterocycles. The Morgan fingerprint density at radius 1 is 1.07 bits per heavy atom. The van der Waals surface area contributed by atoms with E-state index in [0.29, 0.717) is 24.1 Å². The quantitative estimate of drug-likeness (QED) is 0.524. The van der Waals surface area contributed by atoms with Gasteiger partial charge in [0.15, 0.2) is 6.10 Å². The van der Waals surface area contributed by atoms with E-state index in [4.69, 9.17) is 4.74 Å². The third kappa shape index (κ3) is 3.38. The van der Waals surface area contributed by atoms with E-state index in [0.717, 1.165) is 33.4 Å². The first-order chi connectivity index (χ1) is 14.3. The van der Waals surface area contributed by atoms with Gasteiger partial charge >= 0.3 is 5.97 Å². The second-order valence-corrected chi connectivity index (χ2v) is 7.81. The van der Waals surface area contributed by atoms with Crippen LogP contribution in [0.5, 0.6) is 0 Å². The molecule has 2 aromatic carbocycles. The highest BCUT2D eigenvalue weighted by atomic mass is 16.5. The van der Waals surface area contributed by atoms with Crippen molar-refractivity contribution in [2.45, 2.75) is 40.2 Å². The number of anilines is 1. The summed E-state index contributed by atoms with van der Waals surface area (Å²) in [4.78, 5) is 42.1. The molecule has 0 saturated heterocycles. The molecule has 1 aromatic heterocycles. The number of aromatic nitrogens is 1. The molecule has 0 saturated carbocycles. The molecule has 6 nitrogen and oxygen atoms in total. The number of amides is 1. The van der Waals surface area contributed by atoms with Crippen LogP contribution >= 0.6 is 0 Å². The number of aryl methyl sites for hydroxylation is 2. The maximum atomic E-state index is 12.8. The lowest BCUT2D eigenvalue weighted by Gasteiger charge is -2.16. The van der Waals surface area contributed by atoms with E-state index in [1.54, 1.807) is 42.2 Å². The Balaban J connectivity index is 1.50. The highest BCUT2D eigenvalue weighted by Gasteiger charge is 2.26. The zero-order chi connectivity index (χ0) is 21.6. The molecule has 0 unspecified atom stereocenters. The number of aromatic amines is 1. The van der Waals surface area contributed by atoms with Crippen LogP contribution in [0.3, 0.4) is 0 Å². The van der Waals surface area contributed by atoms with Crippen molar-refractivity contribution in [1.29, 1.82) is 0 Å². The Morgan fingerprint density at radius 3 is 2.53 bits per heavy atom. The third-order valence-corrected chi connectivity index (χ3v) is 5.84. The van der Waals surface area contributed by atoms with Gasteiger partial charge in [-0.25, -0.2) is 4.79 Å². The molecule has 4 rings (SSSR count). The number of carbonyl (C=O) groups excluding carboxylic acids is 3. The monoisotopic (exact) mass is 404 g/mol. The molecular formula is C24H24N2O4. The van der Waals surface area contributed by atoms with Crippen LogP contribution < -0.4 is 4.90 Å². The minimum absolute atomic E-state index is 0.0139. The van der Waals surface area contributed by atoms with Gasteiger partial charge in [0.05, 0.1) is 5.56 Å². The molecule has 0 fully saturated rings. The summed E-state index contributed by atoms with van der Waals surface area (Å²) in [7, 11) is 0. The molecule has 0 radical (unpaired) electrons. The normalized spacial score (nSPS) is 13.9. The van der Waals surface area contributed by atoms with E-state index in [2.05, 4.69) is 4.98 Å². The molecule has 1 N–H and O–H groups in total. The van der Waals surface area contributed by atoms with E-state index in [1.807, 2.05) is 19.9 Å². The molecule has 1 aliphatic rings. The number of ether oxygens (including phenoxy) is 1. The van der Waals surface area contributed by atoms with Gasteiger partial charge in [0.25, 0.3) is 0 Å². The number of H-pyrrole nitrogens is 1. The fraction of sp³-hybridized carbons (Fsp3) is 0.292. The topological polar surface area (TPSA) is 79.5 Å². The molecule has 0 bridgehead atoms. The van der Waals surface area contributed by atoms with Gasteiger partial charge in [0.2, 0.25) is 11.7 Å². The van der Waals surface area contributed by atoms with E-state index >= 15 is 0 Å². The molecule has 30 heavy (non-hydrogen) atoms. The van der Waals surface area contributed by atoms with Crippen LogP contribution in [0, 0.1) is 13.8 Å². The van der Waals surface area contributed by atoms with Crippen LogP contribution in [0.4, 0.5) is 5.69 Å². The summed E-state index contributed by atoms with van der Waals surface area (Å²) >= 11 is 0. The predicted octanol–water partition coefficient (Wildman–Crippen LogP) is 4.12. The van der Waals surface area contributed by atoms with Crippen molar-refractivity contribution in [3.8, 4) is 0 Å². The Labute approximate surface area is 174 Å². The van der Waals surface area contributed by atoms with Gasteiger partial charge in [0, 0.05) is 41.3 Å². The number of rotatable bonds is 4. The Morgan fingerprint density at radius 2 is 1.80 bits per heavy atom. The number of hydrogen-bond acceptors (Lipinski definition) is 4. The van der Waals surface area contributed by atoms with Crippen molar-refractivity contribution in [2.24, 2.45) is 0 Å². The Kier molecular flexibility index (Phi) is 4.94. The third-order valence-electron chi connectivity index (χ3n) is 5.84. The van der Waals surface area contributed by atoms with E-state index < -0.39 is 12.1 Å². The average Bonchev–Trinajstić information content (AvgIpc) is 3.27. The van der Waals surface area contributed by atoms with Crippen molar-refractivity contribution in [1.82, 2.24) is 4.98 Å². The van der Waals surface area contributed by atoms with Gasteiger partial charge in [0.1, 0.15) is 0 Å². The van der Waals surface area contributed by atoms with Crippen molar-refractivity contribution >= 4 is 34.3 Å². The zero-order valence-electron chi connectivity index (χ0n) is 17.5. The zero-order valence-corrected chi connectivity index (χ0v) is 17.5.